The lowest BCUT2D eigenvalue weighted by Crippen LogP contribution is -2.48. The third kappa shape index (κ3) is 4.82. The molecule has 0 saturated carbocycles. The van der Waals surface area contributed by atoms with Crippen LogP contribution in [0.25, 0.3) is 11.4 Å². The van der Waals surface area contributed by atoms with E-state index in [2.05, 4.69) is 37.9 Å². The van der Waals surface area contributed by atoms with Crippen LogP contribution in [0.15, 0.2) is 43.9 Å². The van der Waals surface area contributed by atoms with Gasteiger partial charge in [-0.1, -0.05) is 35.0 Å². The number of halogens is 1. The van der Waals surface area contributed by atoms with E-state index in [0.29, 0.717) is 35.2 Å². The maximum absolute atomic E-state index is 12.6. The van der Waals surface area contributed by atoms with Crippen LogP contribution < -0.4 is 0 Å². The molecule has 0 bridgehead atoms. The number of nitrogens with zero attached hydrogens (tertiary/aromatic N) is 4. The molecule has 1 fully saturated rings. The van der Waals surface area contributed by atoms with Gasteiger partial charge in [0.25, 0.3) is 5.91 Å². The van der Waals surface area contributed by atoms with Crippen molar-refractivity contribution < 1.29 is 13.7 Å². The van der Waals surface area contributed by atoms with E-state index in [1.807, 2.05) is 42.2 Å². The van der Waals surface area contributed by atoms with E-state index < -0.39 is 0 Å². The summed E-state index contributed by atoms with van der Waals surface area (Å²) in [4.78, 5) is 21.4. The molecule has 1 aromatic carbocycles. The van der Waals surface area contributed by atoms with Gasteiger partial charge in [0, 0.05) is 43.7 Å². The van der Waals surface area contributed by atoms with Crippen LogP contribution in [0.3, 0.4) is 0 Å². The molecule has 3 heterocycles. The highest BCUT2D eigenvalue weighted by atomic mass is 79.9. The lowest BCUT2D eigenvalue weighted by molar-refractivity contribution is 0.0602. The Morgan fingerprint density at radius 1 is 1.13 bits per heavy atom. The van der Waals surface area contributed by atoms with Gasteiger partial charge in [0.1, 0.15) is 0 Å². The maximum Gasteiger partial charge on any atom is 0.289 e. The molecule has 0 unspecified atom stereocenters. The molecular weight excluding hydrogens is 448 g/mol. The zero-order chi connectivity index (χ0) is 21.1. The number of carbonyl (C=O) groups is 1. The summed E-state index contributed by atoms with van der Waals surface area (Å²) in [6.45, 7) is 7.99. The first kappa shape index (κ1) is 20.8. The summed E-state index contributed by atoms with van der Waals surface area (Å²) >= 11 is 3.29. The Morgan fingerprint density at radius 3 is 2.53 bits per heavy atom. The van der Waals surface area contributed by atoms with E-state index in [-0.39, 0.29) is 5.91 Å². The van der Waals surface area contributed by atoms with E-state index in [4.69, 9.17) is 8.94 Å². The molecule has 3 aromatic rings. The van der Waals surface area contributed by atoms with Crippen molar-refractivity contribution in [3.05, 3.63) is 57.8 Å². The van der Waals surface area contributed by atoms with Crippen molar-refractivity contribution in [1.29, 1.82) is 0 Å². The summed E-state index contributed by atoms with van der Waals surface area (Å²) in [7, 11) is 0. The molecule has 0 N–H and O–H groups in total. The topological polar surface area (TPSA) is 75.6 Å². The number of hydrogen-bond acceptors (Lipinski definition) is 6. The van der Waals surface area contributed by atoms with Gasteiger partial charge in [-0.15, -0.1) is 0 Å². The highest BCUT2D eigenvalue weighted by Gasteiger charge is 2.25. The third-order valence-electron chi connectivity index (χ3n) is 5.38. The molecule has 7 nitrogen and oxygen atoms in total. The molecule has 0 spiro atoms. The highest BCUT2D eigenvalue weighted by Crippen LogP contribution is 2.22. The number of benzene rings is 1. The van der Waals surface area contributed by atoms with Crippen molar-refractivity contribution in [3.63, 3.8) is 0 Å². The van der Waals surface area contributed by atoms with Gasteiger partial charge in [-0.2, -0.15) is 4.98 Å². The van der Waals surface area contributed by atoms with E-state index >= 15 is 0 Å². The molecule has 158 valence electrons. The van der Waals surface area contributed by atoms with Gasteiger partial charge in [0.2, 0.25) is 11.7 Å². The average molecular weight is 473 g/mol. The van der Waals surface area contributed by atoms with Gasteiger partial charge < -0.3 is 13.8 Å². The molecule has 0 atom stereocenters. The quantitative estimate of drug-likeness (QED) is 0.537. The van der Waals surface area contributed by atoms with Gasteiger partial charge in [-0.3, -0.25) is 9.69 Å². The Hall–Kier alpha value is -2.45. The Balaban J connectivity index is 1.22. The van der Waals surface area contributed by atoms with Crippen LogP contribution in [0.5, 0.6) is 0 Å². The lowest BCUT2D eigenvalue weighted by Gasteiger charge is -2.34. The lowest BCUT2D eigenvalue weighted by atomic mass is 10.1. The summed E-state index contributed by atoms with van der Waals surface area (Å²) in [6, 6.07) is 9.93. The first-order valence-electron chi connectivity index (χ1n) is 10.2. The van der Waals surface area contributed by atoms with Crippen LogP contribution in [0.1, 0.15) is 34.0 Å². The van der Waals surface area contributed by atoms with Crippen molar-refractivity contribution >= 4 is 21.8 Å². The molecule has 1 amide bonds. The second kappa shape index (κ2) is 9.14. The second-order valence-electron chi connectivity index (χ2n) is 7.68. The van der Waals surface area contributed by atoms with Gasteiger partial charge in [-0.25, -0.2) is 0 Å². The molecule has 1 aliphatic heterocycles. The largest absolute Gasteiger partial charge is 0.444 e. The highest BCUT2D eigenvalue weighted by molar-refractivity contribution is 9.10. The number of furan rings is 1. The molecule has 8 heteroatoms. The van der Waals surface area contributed by atoms with E-state index in [1.54, 1.807) is 0 Å². The number of hydrogen-bond donors (Lipinski definition) is 0. The van der Waals surface area contributed by atoms with Crippen LogP contribution >= 0.6 is 15.9 Å². The number of piperazine rings is 1. The molecule has 1 aliphatic rings. The Morgan fingerprint density at radius 2 is 1.87 bits per heavy atom. The standard InChI is InChI=1S/C22H25BrN4O3/c1-15-5-7-17(8-6-15)21-24-19(30-25-21)4-3-9-26-10-12-27(13-11-26)22(28)20-16(2)14-18(23)29-20/h5-8,14H,3-4,9-13H2,1-2H3. The summed E-state index contributed by atoms with van der Waals surface area (Å²) in [5.41, 5.74) is 3.03. The van der Waals surface area contributed by atoms with Crippen LogP contribution in [-0.2, 0) is 6.42 Å². The van der Waals surface area contributed by atoms with Crippen LogP contribution in [0.4, 0.5) is 0 Å². The normalized spacial score (nSPS) is 15.0. The second-order valence-corrected chi connectivity index (χ2v) is 8.46. The smallest absolute Gasteiger partial charge is 0.289 e. The van der Waals surface area contributed by atoms with Crippen LogP contribution in [-0.4, -0.2) is 58.6 Å². The first-order valence-corrected chi connectivity index (χ1v) is 11.0. The fraction of sp³-hybridized carbons (Fsp3) is 0.409. The monoisotopic (exact) mass is 472 g/mol. The number of rotatable bonds is 6. The fourth-order valence-electron chi connectivity index (χ4n) is 3.60. The minimum Gasteiger partial charge on any atom is -0.444 e. The number of amides is 1. The molecule has 30 heavy (non-hydrogen) atoms. The molecule has 4 rings (SSSR count). The van der Waals surface area contributed by atoms with Gasteiger partial charge in [0.05, 0.1) is 0 Å². The van der Waals surface area contributed by atoms with Crippen molar-refractivity contribution in [2.75, 3.05) is 32.7 Å². The summed E-state index contributed by atoms with van der Waals surface area (Å²) in [5.74, 6) is 1.69. The van der Waals surface area contributed by atoms with Crippen LogP contribution in [0, 0.1) is 13.8 Å². The Kier molecular flexibility index (Phi) is 6.34. The Bertz CT molecular complexity index is 1000. The molecule has 2 aromatic heterocycles. The van der Waals surface area contributed by atoms with Crippen LogP contribution in [0.2, 0.25) is 0 Å². The zero-order valence-corrected chi connectivity index (χ0v) is 18.8. The van der Waals surface area contributed by atoms with Crippen molar-refractivity contribution in [2.45, 2.75) is 26.7 Å². The number of aryl methyl sites for hydroxylation is 3. The first-order chi connectivity index (χ1) is 14.5. The van der Waals surface area contributed by atoms with E-state index in [1.165, 1.54) is 5.56 Å². The van der Waals surface area contributed by atoms with Gasteiger partial charge in [-0.05, 0) is 48.8 Å². The van der Waals surface area contributed by atoms with Gasteiger partial charge >= 0.3 is 0 Å². The summed E-state index contributed by atoms with van der Waals surface area (Å²) < 4.78 is 11.5. The molecular formula is C22H25BrN4O3. The van der Waals surface area contributed by atoms with E-state index in [0.717, 1.165) is 43.6 Å². The van der Waals surface area contributed by atoms with Gasteiger partial charge in [0.15, 0.2) is 10.4 Å². The number of carbonyl (C=O) groups excluding carboxylic acids is 1. The van der Waals surface area contributed by atoms with Crippen molar-refractivity contribution in [3.8, 4) is 11.4 Å². The predicted octanol–water partition coefficient (Wildman–Crippen LogP) is 4.10. The summed E-state index contributed by atoms with van der Waals surface area (Å²) in [5, 5.41) is 4.09. The fourth-order valence-corrected chi connectivity index (χ4v) is 4.11. The predicted molar refractivity (Wildman–Crippen MR) is 116 cm³/mol. The SMILES string of the molecule is Cc1ccc(-c2noc(CCCN3CCN(C(=O)c4oc(Br)cc4C)CC3)n2)cc1. The zero-order valence-electron chi connectivity index (χ0n) is 17.2. The van der Waals surface area contributed by atoms with Crippen molar-refractivity contribution in [1.82, 2.24) is 19.9 Å². The Labute approximate surface area is 184 Å². The minimum atomic E-state index is -0.0349. The minimum absolute atomic E-state index is 0.0349. The van der Waals surface area contributed by atoms with E-state index in [9.17, 15) is 4.79 Å². The average Bonchev–Trinajstić information content (AvgIpc) is 3.34. The number of aromatic nitrogens is 2. The summed E-state index contributed by atoms with van der Waals surface area (Å²) in [6.07, 6.45) is 1.69. The maximum atomic E-state index is 12.6. The molecule has 0 aliphatic carbocycles. The van der Waals surface area contributed by atoms with Crippen molar-refractivity contribution in [2.24, 2.45) is 0 Å². The molecule has 0 radical (unpaired) electrons. The molecule has 1 saturated heterocycles. The third-order valence-corrected chi connectivity index (χ3v) is 5.78.